The van der Waals surface area contributed by atoms with Gasteiger partial charge in [-0.05, 0) is 73.2 Å². The Hall–Kier alpha value is -6.10. The monoisotopic (exact) mass is 564 g/mol. The van der Waals surface area contributed by atoms with Gasteiger partial charge in [-0.3, -0.25) is 14.4 Å². The second-order valence-corrected chi connectivity index (χ2v) is 8.90. The molecule has 4 aromatic rings. The lowest BCUT2D eigenvalue weighted by Gasteiger charge is -2.09. The number of nitrogens with one attached hydrogen (secondary N) is 3. The van der Waals surface area contributed by atoms with Gasteiger partial charge < -0.3 is 20.8 Å². The van der Waals surface area contributed by atoms with Gasteiger partial charge >= 0.3 is 11.9 Å². The van der Waals surface area contributed by atoms with Crippen LogP contribution in [-0.2, 0) is 0 Å². The highest BCUT2D eigenvalue weighted by atomic mass is 16.4. The van der Waals surface area contributed by atoms with E-state index in [1.165, 1.54) is 60.7 Å². The van der Waals surface area contributed by atoms with Gasteiger partial charge in [0.2, 0.25) is 0 Å². The lowest BCUT2D eigenvalue weighted by molar-refractivity contribution is 0.0683. The fourth-order valence-corrected chi connectivity index (χ4v) is 3.90. The molecule has 0 spiro atoms. The molecule has 4 aromatic carbocycles. The van der Waals surface area contributed by atoms with Crippen LogP contribution in [-0.4, -0.2) is 45.6 Å². The minimum absolute atomic E-state index is 0.00978. The summed E-state index contributed by atoms with van der Waals surface area (Å²) >= 11 is 0. The third-order valence-electron chi connectivity index (χ3n) is 6.09. The second kappa shape index (κ2) is 12.8. The average molecular weight is 565 g/mol. The molecular weight excluding hydrogens is 540 g/mol. The quantitative estimate of drug-likeness (QED) is 0.144. The Morgan fingerprint density at radius 2 is 0.905 bits per heavy atom. The maximum Gasteiger partial charge on any atom is 0.336 e. The maximum atomic E-state index is 12.6. The highest BCUT2D eigenvalue weighted by molar-refractivity contribution is 6.11. The summed E-state index contributed by atoms with van der Waals surface area (Å²) in [4.78, 5) is 60.4. The number of carboxylic acids is 2. The first kappa shape index (κ1) is 28.9. The summed E-state index contributed by atoms with van der Waals surface area (Å²) in [5, 5.41) is 28.0. The number of hydrogen-bond acceptors (Lipinski definition) is 6. The first-order chi connectivity index (χ1) is 20.1. The lowest BCUT2D eigenvalue weighted by atomic mass is 10.1. The Morgan fingerprint density at radius 3 is 1.31 bits per heavy atom. The number of hydrogen-bond donors (Lipinski definition) is 5. The number of carbonyl (C=O) groups is 5. The summed E-state index contributed by atoms with van der Waals surface area (Å²) in [6.07, 6.45) is 0. The van der Waals surface area contributed by atoms with Gasteiger partial charge in [0.1, 0.15) is 0 Å². The number of carbonyl (C=O) groups excluding carboxylic acids is 3. The Labute approximate surface area is 239 Å². The van der Waals surface area contributed by atoms with Crippen LogP contribution in [0.2, 0.25) is 0 Å². The predicted molar refractivity (Wildman–Crippen MR) is 155 cm³/mol. The smallest absolute Gasteiger partial charge is 0.336 e. The van der Waals surface area contributed by atoms with Crippen molar-refractivity contribution in [2.24, 2.45) is 5.10 Å². The zero-order valence-electron chi connectivity index (χ0n) is 22.1. The van der Waals surface area contributed by atoms with Gasteiger partial charge in [0.15, 0.2) is 0 Å². The van der Waals surface area contributed by atoms with Crippen molar-refractivity contribution in [3.8, 4) is 0 Å². The molecule has 0 aliphatic carbocycles. The van der Waals surface area contributed by atoms with Crippen molar-refractivity contribution in [2.45, 2.75) is 6.92 Å². The molecule has 0 aromatic heterocycles. The number of carboxylic acid groups (broad SMARTS) is 2. The van der Waals surface area contributed by atoms with Crippen LogP contribution in [0.25, 0.3) is 0 Å². The van der Waals surface area contributed by atoms with Crippen molar-refractivity contribution in [1.29, 1.82) is 0 Å². The number of hydrazone groups is 1. The molecule has 11 heteroatoms. The largest absolute Gasteiger partial charge is 0.478 e. The standard InChI is InChI=1S/C31H24N4O7/c1-18(19-10-14-21(15-11-19)32-28(37)23-6-2-4-8-25(23)30(39)40)34-35-27(36)20-12-16-22(17-13-20)33-29(38)24-7-3-5-9-26(24)31(41)42/h2-17H,1H3,(H,32,37)(H,33,38)(H,35,36)(H,39,40)(H,41,42)/b34-18+. The van der Waals surface area contributed by atoms with Crippen LogP contribution in [0.4, 0.5) is 11.4 Å². The molecule has 4 rings (SSSR count). The molecule has 0 saturated carbocycles. The topological polar surface area (TPSA) is 174 Å². The summed E-state index contributed by atoms with van der Waals surface area (Å²) in [6.45, 7) is 1.69. The Morgan fingerprint density at radius 1 is 0.524 bits per heavy atom. The molecule has 0 unspecified atom stereocenters. The Balaban J connectivity index is 1.35. The van der Waals surface area contributed by atoms with E-state index in [9.17, 15) is 34.2 Å². The molecule has 0 saturated heterocycles. The number of anilines is 2. The van der Waals surface area contributed by atoms with E-state index < -0.39 is 29.7 Å². The first-order valence-electron chi connectivity index (χ1n) is 12.5. The molecule has 5 N–H and O–H groups in total. The molecule has 0 aliphatic rings. The Bertz CT molecular complexity index is 1710. The zero-order chi connectivity index (χ0) is 30.2. The van der Waals surface area contributed by atoms with Gasteiger partial charge in [0.25, 0.3) is 17.7 Å². The van der Waals surface area contributed by atoms with Crippen molar-refractivity contribution in [2.75, 3.05) is 10.6 Å². The third-order valence-corrected chi connectivity index (χ3v) is 6.09. The molecule has 0 aliphatic heterocycles. The first-order valence-corrected chi connectivity index (χ1v) is 12.5. The predicted octanol–water partition coefficient (Wildman–Crippen LogP) is 4.74. The molecule has 11 nitrogen and oxygen atoms in total. The third kappa shape index (κ3) is 6.90. The Kier molecular flexibility index (Phi) is 8.83. The average Bonchev–Trinajstić information content (AvgIpc) is 3.00. The number of benzene rings is 4. The molecule has 3 amide bonds. The van der Waals surface area contributed by atoms with Crippen LogP contribution in [0.3, 0.4) is 0 Å². The summed E-state index contributed by atoms with van der Waals surface area (Å²) in [5.74, 6) is -4.07. The van der Waals surface area contributed by atoms with Gasteiger partial charge in [-0.1, -0.05) is 36.4 Å². The van der Waals surface area contributed by atoms with Gasteiger partial charge in [-0.15, -0.1) is 0 Å². The van der Waals surface area contributed by atoms with E-state index in [0.717, 1.165) is 0 Å². The lowest BCUT2D eigenvalue weighted by Crippen LogP contribution is -2.20. The summed E-state index contributed by atoms with van der Waals surface area (Å²) in [6, 6.07) is 24.3. The molecule has 0 radical (unpaired) electrons. The second-order valence-electron chi connectivity index (χ2n) is 8.90. The van der Waals surface area contributed by atoms with E-state index >= 15 is 0 Å². The molecule has 0 fully saturated rings. The van der Waals surface area contributed by atoms with Crippen LogP contribution >= 0.6 is 0 Å². The van der Waals surface area contributed by atoms with Gasteiger partial charge in [0.05, 0.1) is 28.0 Å². The summed E-state index contributed by atoms with van der Waals surface area (Å²) < 4.78 is 0. The van der Waals surface area contributed by atoms with Gasteiger partial charge in [-0.25, -0.2) is 15.0 Å². The van der Waals surface area contributed by atoms with Crippen LogP contribution in [0.15, 0.2) is 102 Å². The fourth-order valence-electron chi connectivity index (χ4n) is 3.90. The van der Waals surface area contributed by atoms with Crippen molar-refractivity contribution in [3.63, 3.8) is 0 Å². The van der Waals surface area contributed by atoms with E-state index in [0.29, 0.717) is 22.6 Å². The van der Waals surface area contributed by atoms with Crippen LogP contribution in [0.1, 0.15) is 64.3 Å². The van der Waals surface area contributed by atoms with Gasteiger partial charge in [0, 0.05) is 16.9 Å². The van der Waals surface area contributed by atoms with E-state index in [4.69, 9.17) is 0 Å². The summed E-state index contributed by atoms with van der Waals surface area (Å²) in [5.41, 5.74) is 4.51. The molecular formula is C31H24N4O7. The molecule has 0 atom stereocenters. The normalized spacial score (nSPS) is 10.8. The van der Waals surface area contributed by atoms with E-state index in [2.05, 4.69) is 21.2 Å². The van der Waals surface area contributed by atoms with Crippen LogP contribution in [0, 0.1) is 0 Å². The highest BCUT2D eigenvalue weighted by Crippen LogP contribution is 2.16. The van der Waals surface area contributed by atoms with E-state index in [-0.39, 0.29) is 27.8 Å². The number of nitrogens with zero attached hydrogens (tertiary/aromatic N) is 1. The van der Waals surface area contributed by atoms with Crippen molar-refractivity contribution in [3.05, 3.63) is 130 Å². The maximum absolute atomic E-state index is 12.6. The minimum atomic E-state index is -1.22. The fraction of sp³-hybridized carbons (Fsp3) is 0.0323. The summed E-state index contributed by atoms with van der Waals surface area (Å²) in [7, 11) is 0. The van der Waals surface area contributed by atoms with Crippen LogP contribution in [0.5, 0.6) is 0 Å². The molecule has 0 heterocycles. The van der Waals surface area contributed by atoms with E-state index in [1.807, 2.05) is 0 Å². The van der Waals surface area contributed by atoms with Crippen LogP contribution < -0.4 is 16.1 Å². The number of rotatable bonds is 9. The minimum Gasteiger partial charge on any atom is -0.478 e. The van der Waals surface area contributed by atoms with Crippen molar-refractivity contribution in [1.82, 2.24) is 5.43 Å². The SMILES string of the molecule is C/C(=N\NC(=O)c1ccc(NC(=O)c2ccccc2C(=O)O)cc1)c1ccc(NC(=O)c2ccccc2C(=O)O)cc1. The van der Waals surface area contributed by atoms with Gasteiger partial charge in [-0.2, -0.15) is 5.10 Å². The van der Waals surface area contributed by atoms with Crippen molar-refractivity contribution >= 4 is 46.7 Å². The molecule has 210 valence electrons. The highest BCUT2D eigenvalue weighted by Gasteiger charge is 2.17. The van der Waals surface area contributed by atoms with Crippen molar-refractivity contribution < 1.29 is 34.2 Å². The molecule has 42 heavy (non-hydrogen) atoms. The number of amides is 3. The molecule has 0 bridgehead atoms. The number of aromatic carboxylic acids is 2. The van der Waals surface area contributed by atoms with E-state index in [1.54, 1.807) is 43.3 Å². The zero-order valence-corrected chi connectivity index (χ0v) is 22.1.